The van der Waals surface area contributed by atoms with Gasteiger partial charge >= 0.3 is 0 Å². The number of rotatable bonds is 5. The SMILES string of the molecule is COc1ccc(-c2csc(/C(C#N)=C\c3cccc(Br)c3)n2)cc1OC. The summed E-state index contributed by atoms with van der Waals surface area (Å²) in [6, 6.07) is 15.7. The van der Waals surface area contributed by atoms with Gasteiger partial charge in [-0.15, -0.1) is 11.3 Å². The van der Waals surface area contributed by atoms with Crippen LogP contribution in [0.3, 0.4) is 0 Å². The lowest BCUT2D eigenvalue weighted by Crippen LogP contribution is -1.91. The summed E-state index contributed by atoms with van der Waals surface area (Å²) in [5.41, 5.74) is 3.17. The topological polar surface area (TPSA) is 55.1 Å². The number of aromatic nitrogens is 1. The van der Waals surface area contributed by atoms with E-state index in [0.29, 0.717) is 22.1 Å². The van der Waals surface area contributed by atoms with Crippen LogP contribution >= 0.6 is 27.3 Å². The van der Waals surface area contributed by atoms with Crippen molar-refractivity contribution in [3.8, 4) is 28.8 Å². The van der Waals surface area contributed by atoms with Gasteiger partial charge in [0.2, 0.25) is 0 Å². The number of ether oxygens (including phenoxy) is 2. The summed E-state index contributed by atoms with van der Waals surface area (Å²) >= 11 is 4.88. The van der Waals surface area contributed by atoms with E-state index in [-0.39, 0.29) is 0 Å². The fraction of sp³-hybridized carbons (Fsp3) is 0.100. The van der Waals surface area contributed by atoms with Gasteiger partial charge in [-0.25, -0.2) is 4.98 Å². The minimum atomic E-state index is 0.528. The molecular formula is C20H15BrN2O2S. The van der Waals surface area contributed by atoms with Crippen LogP contribution in [-0.4, -0.2) is 19.2 Å². The summed E-state index contributed by atoms with van der Waals surface area (Å²) in [5.74, 6) is 1.31. The number of benzene rings is 2. The summed E-state index contributed by atoms with van der Waals surface area (Å²) < 4.78 is 11.6. The zero-order valence-corrected chi connectivity index (χ0v) is 16.6. The third-order valence-electron chi connectivity index (χ3n) is 3.69. The number of hydrogen-bond acceptors (Lipinski definition) is 5. The van der Waals surface area contributed by atoms with Crippen molar-refractivity contribution in [2.75, 3.05) is 14.2 Å². The molecule has 0 unspecified atom stereocenters. The molecule has 0 saturated carbocycles. The zero-order chi connectivity index (χ0) is 18.5. The first kappa shape index (κ1) is 18.2. The van der Waals surface area contributed by atoms with E-state index < -0.39 is 0 Å². The highest BCUT2D eigenvalue weighted by molar-refractivity contribution is 9.10. The molecule has 4 nitrogen and oxygen atoms in total. The Morgan fingerprint density at radius 2 is 1.96 bits per heavy atom. The van der Waals surface area contributed by atoms with Gasteiger partial charge in [0.05, 0.1) is 25.5 Å². The summed E-state index contributed by atoms with van der Waals surface area (Å²) in [5, 5.41) is 12.2. The molecular weight excluding hydrogens is 412 g/mol. The Morgan fingerprint density at radius 3 is 2.65 bits per heavy atom. The van der Waals surface area contributed by atoms with Crippen molar-refractivity contribution < 1.29 is 9.47 Å². The van der Waals surface area contributed by atoms with Gasteiger partial charge in [-0.05, 0) is 42.0 Å². The maximum Gasteiger partial charge on any atom is 0.161 e. The van der Waals surface area contributed by atoms with E-state index >= 15 is 0 Å². The van der Waals surface area contributed by atoms with Gasteiger partial charge in [-0.2, -0.15) is 5.26 Å². The van der Waals surface area contributed by atoms with Crippen LogP contribution in [0.2, 0.25) is 0 Å². The van der Waals surface area contributed by atoms with Gasteiger partial charge < -0.3 is 9.47 Å². The average molecular weight is 427 g/mol. The van der Waals surface area contributed by atoms with Crippen LogP contribution in [0.4, 0.5) is 0 Å². The van der Waals surface area contributed by atoms with E-state index in [9.17, 15) is 5.26 Å². The smallest absolute Gasteiger partial charge is 0.161 e. The Morgan fingerprint density at radius 1 is 1.15 bits per heavy atom. The largest absolute Gasteiger partial charge is 0.493 e. The number of nitriles is 1. The van der Waals surface area contributed by atoms with Crippen molar-refractivity contribution in [2.24, 2.45) is 0 Å². The van der Waals surface area contributed by atoms with Gasteiger partial charge in [0.1, 0.15) is 11.1 Å². The highest BCUT2D eigenvalue weighted by Crippen LogP contribution is 2.34. The van der Waals surface area contributed by atoms with E-state index in [2.05, 4.69) is 27.0 Å². The first-order valence-corrected chi connectivity index (χ1v) is 9.37. The highest BCUT2D eigenvalue weighted by atomic mass is 79.9. The number of nitrogens with zero attached hydrogens (tertiary/aromatic N) is 2. The third kappa shape index (κ3) is 3.96. The van der Waals surface area contributed by atoms with E-state index in [4.69, 9.17) is 9.47 Å². The van der Waals surface area contributed by atoms with Gasteiger partial charge in [0, 0.05) is 15.4 Å². The summed E-state index contributed by atoms with van der Waals surface area (Å²) in [6.45, 7) is 0. The fourth-order valence-electron chi connectivity index (χ4n) is 2.43. The standard InChI is InChI=1S/C20H15BrN2O2S/c1-24-18-7-6-14(10-19(18)25-2)17-12-26-20(23-17)15(11-22)8-13-4-3-5-16(21)9-13/h3-10,12H,1-2H3/b15-8-. The predicted molar refractivity (Wildman–Crippen MR) is 108 cm³/mol. The summed E-state index contributed by atoms with van der Waals surface area (Å²) in [4.78, 5) is 4.62. The zero-order valence-electron chi connectivity index (χ0n) is 14.2. The van der Waals surface area contributed by atoms with Crippen LogP contribution in [-0.2, 0) is 0 Å². The number of methoxy groups -OCH3 is 2. The molecule has 0 spiro atoms. The van der Waals surface area contributed by atoms with Crippen LogP contribution in [0.15, 0.2) is 52.3 Å². The van der Waals surface area contributed by atoms with Gasteiger partial charge in [-0.1, -0.05) is 28.1 Å². The van der Waals surface area contributed by atoms with Crippen LogP contribution in [0.25, 0.3) is 22.9 Å². The maximum atomic E-state index is 9.54. The molecule has 0 atom stereocenters. The second-order valence-corrected chi connectivity index (χ2v) is 7.11. The molecule has 0 bridgehead atoms. The Balaban J connectivity index is 1.95. The molecule has 0 aliphatic heterocycles. The van der Waals surface area contributed by atoms with E-state index in [1.807, 2.05) is 53.9 Å². The lowest BCUT2D eigenvalue weighted by atomic mass is 10.1. The lowest BCUT2D eigenvalue weighted by Gasteiger charge is -2.08. The summed E-state index contributed by atoms with van der Waals surface area (Å²) in [7, 11) is 3.20. The molecule has 0 N–H and O–H groups in total. The fourth-order valence-corrected chi connectivity index (χ4v) is 3.64. The van der Waals surface area contributed by atoms with E-state index in [0.717, 1.165) is 21.3 Å². The molecule has 0 aliphatic carbocycles. The highest BCUT2D eigenvalue weighted by Gasteiger charge is 2.12. The third-order valence-corrected chi connectivity index (χ3v) is 5.06. The van der Waals surface area contributed by atoms with Crippen LogP contribution in [0.1, 0.15) is 10.6 Å². The Labute approximate surface area is 164 Å². The molecule has 0 amide bonds. The second-order valence-electron chi connectivity index (χ2n) is 5.33. The predicted octanol–water partition coefficient (Wildman–Crippen LogP) is 5.65. The molecule has 6 heteroatoms. The van der Waals surface area contributed by atoms with Crippen molar-refractivity contribution in [2.45, 2.75) is 0 Å². The Bertz CT molecular complexity index is 1010. The molecule has 130 valence electrons. The lowest BCUT2D eigenvalue weighted by molar-refractivity contribution is 0.355. The van der Waals surface area contributed by atoms with Crippen molar-refractivity contribution in [3.63, 3.8) is 0 Å². The number of thiazole rings is 1. The molecule has 0 saturated heterocycles. The van der Waals surface area contributed by atoms with Gasteiger partial charge in [0.25, 0.3) is 0 Å². The molecule has 0 radical (unpaired) electrons. The van der Waals surface area contributed by atoms with E-state index in [1.54, 1.807) is 14.2 Å². The van der Waals surface area contributed by atoms with Gasteiger partial charge in [-0.3, -0.25) is 0 Å². The number of halogens is 1. The normalized spacial score (nSPS) is 11.1. The van der Waals surface area contributed by atoms with Crippen LogP contribution < -0.4 is 9.47 Å². The number of hydrogen-bond donors (Lipinski definition) is 0. The molecule has 1 aromatic heterocycles. The first-order chi connectivity index (χ1) is 12.6. The quantitative estimate of drug-likeness (QED) is 0.494. The Kier molecular flexibility index (Phi) is 5.71. The second kappa shape index (κ2) is 8.17. The molecule has 0 fully saturated rings. The molecule has 0 aliphatic rings. The van der Waals surface area contributed by atoms with Crippen LogP contribution in [0, 0.1) is 11.3 Å². The van der Waals surface area contributed by atoms with Crippen molar-refractivity contribution >= 4 is 38.9 Å². The number of allylic oxidation sites excluding steroid dienone is 1. The molecule has 1 heterocycles. The van der Waals surface area contributed by atoms with Crippen molar-refractivity contribution in [1.29, 1.82) is 5.26 Å². The maximum absolute atomic E-state index is 9.54. The minimum Gasteiger partial charge on any atom is -0.493 e. The van der Waals surface area contributed by atoms with E-state index in [1.165, 1.54) is 11.3 Å². The Hall–Kier alpha value is -2.62. The first-order valence-electron chi connectivity index (χ1n) is 7.70. The van der Waals surface area contributed by atoms with Crippen molar-refractivity contribution in [3.05, 3.63) is 62.9 Å². The minimum absolute atomic E-state index is 0.528. The van der Waals surface area contributed by atoms with Crippen molar-refractivity contribution in [1.82, 2.24) is 4.98 Å². The molecule has 3 rings (SSSR count). The van der Waals surface area contributed by atoms with Gasteiger partial charge in [0.15, 0.2) is 11.5 Å². The average Bonchev–Trinajstić information content (AvgIpc) is 3.15. The monoisotopic (exact) mass is 426 g/mol. The molecule has 2 aromatic carbocycles. The molecule has 3 aromatic rings. The molecule has 26 heavy (non-hydrogen) atoms. The van der Waals surface area contributed by atoms with Crippen LogP contribution in [0.5, 0.6) is 11.5 Å². The summed E-state index contributed by atoms with van der Waals surface area (Å²) in [6.07, 6.45) is 1.84.